The number of unbranched alkanes of at least 4 members (excludes halogenated alkanes) is 2. The van der Waals surface area contributed by atoms with Gasteiger partial charge in [-0.05, 0) is 12.5 Å². The van der Waals surface area contributed by atoms with Crippen LogP contribution in [0.4, 0.5) is 0 Å². The van der Waals surface area contributed by atoms with Crippen molar-refractivity contribution in [2.45, 2.75) is 38.7 Å². The normalized spacial score (nSPS) is 12.3. The zero-order chi connectivity index (χ0) is 14.4. The van der Waals surface area contributed by atoms with E-state index < -0.39 is 6.10 Å². The van der Waals surface area contributed by atoms with Gasteiger partial charge in [0.25, 0.3) is 0 Å². The monoisotopic (exact) mass is 270 g/mol. The van der Waals surface area contributed by atoms with Gasteiger partial charge in [0.15, 0.2) is 0 Å². The highest BCUT2D eigenvalue weighted by atomic mass is 16.3. The van der Waals surface area contributed by atoms with Crippen molar-refractivity contribution in [1.29, 1.82) is 0 Å². The summed E-state index contributed by atoms with van der Waals surface area (Å²) in [5.41, 5.74) is 2.53. The van der Waals surface area contributed by atoms with Crippen molar-refractivity contribution in [2.75, 3.05) is 0 Å². The summed E-state index contributed by atoms with van der Waals surface area (Å²) in [6.07, 6.45) is 5.24. The number of H-pyrrole nitrogens is 1. The molecule has 0 unspecified atom stereocenters. The van der Waals surface area contributed by atoms with E-state index in [0.717, 1.165) is 42.8 Å². The highest BCUT2D eigenvalue weighted by Crippen LogP contribution is 2.26. The second kappa shape index (κ2) is 7.06. The Hall–Kier alpha value is -1.87. The molecular formula is C17H22N2O. The molecule has 0 aliphatic heterocycles. The number of hydrogen-bond acceptors (Lipinski definition) is 2. The average Bonchev–Trinajstić information content (AvgIpc) is 2.92. The molecular weight excluding hydrogens is 248 g/mol. The fraction of sp³-hybridized carbons (Fsp3) is 0.353. The van der Waals surface area contributed by atoms with Crippen LogP contribution < -0.4 is 0 Å². The van der Waals surface area contributed by atoms with Gasteiger partial charge in [-0.2, -0.15) is 0 Å². The predicted octanol–water partition coefficient (Wildman–Crippen LogP) is 4.33. The minimum atomic E-state index is -0.525. The van der Waals surface area contributed by atoms with Crippen molar-refractivity contribution in [2.24, 2.45) is 0 Å². The lowest BCUT2D eigenvalue weighted by Crippen LogP contribution is -2.00. The molecule has 0 aliphatic rings. The predicted molar refractivity (Wildman–Crippen MR) is 83.2 cm³/mol. The number of nitrogens with zero attached hydrogens (tertiary/aromatic N) is 1. The molecule has 0 saturated heterocycles. The van der Waals surface area contributed by atoms with Crippen molar-refractivity contribution in [3.63, 3.8) is 0 Å². The number of benzene rings is 1. The molecule has 0 aliphatic carbocycles. The molecule has 0 radical (unpaired) electrons. The first-order valence-electron chi connectivity index (χ1n) is 7.22. The van der Waals surface area contributed by atoms with Crippen molar-refractivity contribution in [1.82, 2.24) is 9.97 Å². The van der Waals surface area contributed by atoms with Crippen LogP contribution in [0, 0.1) is 0 Å². The number of aromatic amines is 1. The van der Waals surface area contributed by atoms with Gasteiger partial charge in [0.2, 0.25) is 0 Å². The number of nitrogens with one attached hydrogen (secondary N) is 1. The highest BCUT2D eigenvalue weighted by Gasteiger charge is 2.16. The Balaban J connectivity index is 2.21. The summed E-state index contributed by atoms with van der Waals surface area (Å²) in [4.78, 5) is 7.78. The fourth-order valence-electron chi connectivity index (χ4n) is 2.27. The van der Waals surface area contributed by atoms with Crippen LogP contribution in [0.5, 0.6) is 0 Å². The van der Waals surface area contributed by atoms with Gasteiger partial charge in [0.1, 0.15) is 5.82 Å². The third-order valence-electron chi connectivity index (χ3n) is 3.41. The van der Waals surface area contributed by atoms with Gasteiger partial charge in [0, 0.05) is 5.56 Å². The molecule has 3 nitrogen and oxygen atoms in total. The van der Waals surface area contributed by atoms with E-state index in [4.69, 9.17) is 0 Å². The summed E-state index contributed by atoms with van der Waals surface area (Å²) in [7, 11) is 0. The Morgan fingerprint density at radius 3 is 2.70 bits per heavy atom. The summed E-state index contributed by atoms with van der Waals surface area (Å²) in [5, 5.41) is 10.3. The number of aliphatic hydroxyl groups excluding tert-OH is 1. The van der Waals surface area contributed by atoms with Crippen molar-refractivity contribution in [3.05, 3.63) is 48.3 Å². The zero-order valence-electron chi connectivity index (χ0n) is 12.0. The van der Waals surface area contributed by atoms with E-state index in [2.05, 4.69) is 23.5 Å². The molecule has 3 heteroatoms. The first-order chi connectivity index (χ1) is 9.76. The van der Waals surface area contributed by atoms with Gasteiger partial charge < -0.3 is 10.1 Å². The lowest BCUT2D eigenvalue weighted by molar-refractivity contribution is 0.159. The number of imidazole rings is 1. The molecule has 1 aromatic carbocycles. The minimum Gasteiger partial charge on any atom is -0.387 e. The van der Waals surface area contributed by atoms with Crippen LogP contribution in [0.15, 0.2) is 36.9 Å². The molecule has 20 heavy (non-hydrogen) atoms. The van der Waals surface area contributed by atoms with Crippen LogP contribution in [0.1, 0.15) is 50.1 Å². The lowest BCUT2D eigenvalue weighted by Gasteiger charge is -2.08. The molecule has 0 amide bonds. The second-order valence-corrected chi connectivity index (χ2v) is 4.97. The average molecular weight is 270 g/mol. The molecule has 2 N–H and O–H groups in total. The summed E-state index contributed by atoms with van der Waals surface area (Å²) in [6.45, 7) is 5.95. The standard InChI is InChI=1S/C17H22N2O/c1-3-5-7-12-15(20)16-14(4-2)18-17(19-16)13-10-8-6-9-11-13/h4,6,8-11,15,20H,2-3,5,7,12H2,1H3,(H,18,19)/t15-/m0/s1. The highest BCUT2D eigenvalue weighted by molar-refractivity contribution is 5.59. The number of hydrogen-bond donors (Lipinski definition) is 2. The van der Waals surface area contributed by atoms with Gasteiger partial charge in [-0.15, -0.1) is 0 Å². The Bertz CT molecular complexity index is 545. The van der Waals surface area contributed by atoms with E-state index in [-0.39, 0.29) is 0 Å². The van der Waals surface area contributed by atoms with Gasteiger partial charge >= 0.3 is 0 Å². The molecule has 0 saturated carbocycles. The topological polar surface area (TPSA) is 48.9 Å². The zero-order valence-corrected chi connectivity index (χ0v) is 12.0. The Labute approximate surface area is 120 Å². The largest absolute Gasteiger partial charge is 0.387 e. The maximum Gasteiger partial charge on any atom is 0.138 e. The smallest absolute Gasteiger partial charge is 0.138 e. The first kappa shape index (κ1) is 14.5. The molecule has 0 fully saturated rings. The SMILES string of the molecule is C=Cc1[nH]c(-c2ccccc2)nc1[C@@H](O)CCCCC. The summed E-state index contributed by atoms with van der Waals surface area (Å²) in [5.74, 6) is 0.782. The van der Waals surface area contributed by atoms with E-state index >= 15 is 0 Å². The Morgan fingerprint density at radius 1 is 1.30 bits per heavy atom. The van der Waals surface area contributed by atoms with E-state index in [1.54, 1.807) is 6.08 Å². The summed E-state index contributed by atoms with van der Waals surface area (Å²) >= 11 is 0. The van der Waals surface area contributed by atoms with E-state index in [1.165, 1.54) is 0 Å². The van der Waals surface area contributed by atoms with Gasteiger partial charge in [-0.1, -0.05) is 63.1 Å². The molecule has 0 bridgehead atoms. The van der Waals surface area contributed by atoms with E-state index in [0.29, 0.717) is 5.69 Å². The number of aliphatic hydroxyl groups is 1. The second-order valence-electron chi connectivity index (χ2n) is 4.97. The molecule has 1 heterocycles. The van der Waals surface area contributed by atoms with E-state index in [1.807, 2.05) is 30.3 Å². The quantitative estimate of drug-likeness (QED) is 0.735. The first-order valence-corrected chi connectivity index (χ1v) is 7.22. The fourth-order valence-corrected chi connectivity index (χ4v) is 2.27. The molecule has 1 aromatic heterocycles. The third-order valence-corrected chi connectivity index (χ3v) is 3.41. The Morgan fingerprint density at radius 2 is 2.05 bits per heavy atom. The molecule has 2 rings (SSSR count). The number of aromatic nitrogens is 2. The van der Waals surface area contributed by atoms with Gasteiger partial charge in [-0.25, -0.2) is 4.98 Å². The van der Waals surface area contributed by atoms with Gasteiger partial charge in [-0.3, -0.25) is 0 Å². The molecule has 1 atom stereocenters. The molecule has 106 valence electrons. The van der Waals surface area contributed by atoms with Crippen LogP contribution in [-0.2, 0) is 0 Å². The van der Waals surface area contributed by atoms with Gasteiger partial charge in [0.05, 0.1) is 17.5 Å². The number of rotatable bonds is 7. The lowest BCUT2D eigenvalue weighted by atomic mass is 10.1. The summed E-state index contributed by atoms with van der Waals surface area (Å²) < 4.78 is 0. The van der Waals surface area contributed by atoms with Crippen LogP contribution in [0.3, 0.4) is 0 Å². The van der Waals surface area contributed by atoms with Crippen LogP contribution in [0.25, 0.3) is 17.5 Å². The van der Waals surface area contributed by atoms with Crippen LogP contribution in [-0.4, -0.2) is 15.1 Å². The van der Waals surface area contributed by atoms with Crippen molar-refractivity contribution < 1.29 is 5.11 Å². The van der Waals surface area contributed by atoms with Crippen molar-refractivity contribution >= 4 is 6.08 Å². The van der Waals surface area contributed by atoms with Crippen LogP contribution in [0.2, 0.25) is 0 Å². The molecule has 2 aromatic rings. The third kappa shape index (κ3) is 3.36. The Kier molecular flexibility index (Phi) is 5.13. The van der Waals surface area contributed by atoms with Crippen molar-refractivity contribution in [3.8, 4) is 11.4 Å². The summed E-state index contributed by atoms with van der Waals surface area (Å²) in [6, 6.07) is 9.92. The minimum absolute atomic E-state index is 0.525. The maximum atomic E-state index is 10.3. The maximum absolute atomic E-state index is 10.3. The molecule has 0 spiro atoms. The van der Waals surface area contributed by atoms with E-state index in [9.17, 15) is 5.11 Å². The van der Waals surface area contributed by atoms with Crippen LogP contribution >= 0.6 is 0 Å².